The molecule has 134 valence electrons. The van der Waals surface area contributed by atoms with Gasteiger partial charge in [-0.25, -0.2) is 13.9 Å². The Bertz CT molecular complexity index is 1070. The Labute approximate surface area is 156 Å². The molecule has 1 aliphatic rings. The molecule has 0 spiro atoms. The first-order valence-electron chi connectivity index (χ1n) is 8.97. The molecule has 0 N–H and O–H groups in total. The van der Waals surface area contributed by atoms with E-state index in [0.717, 1.165) is 34.7 Å². The van der Waals surface area contributed by atoms with Crippen LogP contribution < -0.4 is 0 Å². The van der Waals surface area contributed by atoms with Crippen molar-refractivity contribution in [1.82, 2.24) is 24.5 Å². The Morgan fingerprint density at radius 3 is 2.44 bits per heavy atom. The summed E-state index contributed by atoms with van der Waals surface area (Å²) in [7, 11) is 0. The van der Waals surface area contributed by atoms with E-state index in [9.17, 15) is 4.39 Å². The number of aromatic nitrogens is 4. The Kier molecular flexibility index (Phi) is 3.90. The number of alkyl halides is 1. The van der Waals surface area contributed by atoms with Crippen LogP contribution in [0.3, 0.4) is 0 Å². The summed E-state index contributed by atoms with van der Waals surface area (Å²) in [6.07, 6.45) is 4.70. The van der Waals surface area contributed by atoms with Crippen molar-refractivity contribution in [3.8, 4) is 22.5 Å². The van der Waals surface area contributed by atoms with Crippen molar-refractivity contribution in [3.05, 3.63) is 72.7 Å². The highest BCUT2D eigenvalue weighted by atomic mass is 19.1. The van der Waals surface area contributed by atoms with Gasteiger partial charge in [0.2, 0.25) is 0 Å². The topological polar surface area (TPSA) is 46.3 Å². The number of fused-ring (bicyclic) bond motifs is 1. The van der Waals surface area contributed by atoms with Crippen LogP contribution in [0.5, 0.6) is 0 Å². The predicted octanol–water partition coefficient (Wildman–Crippen LogP) is 3.61. The van der Waals surface area contributed by atoms with Gasteiger partial charge in [-0.15, -0.1) is 0 Å². The zero-order chi connectivity index (χ0) is 18.2. The molecule has 27 heavy (non-hydrogen) atoms. The molecular weight excluding hydrogens is 341 g/mol. The first-order valence-corrected chi connectivity index (χ1v) is 8.97. The highest BCUT2D eigenvalue weighted by molar-refractivity contribution is 5.65. The van der Waals surface area contributed by atoms with Crippen LogP contribution >= 0.6 is 0 Å². The first kappa shape index (κ1) is 16.1. The summed E-state index contributed by atoms with van der Waals surface area (Å²) in [5.74, 6) is 0. The van der Waals surface area contributed by atoms with Crippen LogP contribution in [0.25, 0.3) is 28.2 Å². The van der Waals surface area contributed by atoms with Crippen molar-refractivity contribution in [1.29, 1.82) is 0 Å². The minimum atomic E-state index is -0.664. The molecule has 1 fully saturated rings. The van der Waals surface area contributed by atoms with E-state index in [1.165, 1.54) is 5.56 Å². The normalized spacial score (nSPS) is 15.1. The average Bonchev–Trinajstić information content (AvgIpc) is 3.11. The second kappa shape index (κ2) is 6.55. The van der Waals surface area contributed by atoms with Gasteiger partial charge in [0.25, 0.3) is 0 Å². The van der Waals surface area contributed by atoms with Crippen LogP contribution in [0.1, 0.15) is 5.56 Å². The maximum Gasteiger partial charge on any atom is 0.154 e. The Hall–Kier alpha value is -3.12. The fourth-order valence-electron chi connectivity index (χ4n) is 3.42. The van der Waals surface area contributed by atoms with E-state index >= 15 is 0 Å². The molecule has 4 heterocycles. The SMILES string of the molecule is FC1CN(Cc2ccc(-c3cnc4ccc(-c5ccncc5)nn34)cc2)C1. The average molecular weight is 359 g/mol. The van der Waals surface area contributed by atoms with Crippen molar-refractivity contribution < 1.29 is 4.39 Å². The van der Waals surface area contributed by atoms with Crippen LogP contribution in [0.15, 0.2) is 67.1 Å². The monoisotopic (exact) mass is 359 g/mol. The maximum atomic E-state index is 13.0. The van der Waals surface area contributed by atoms with Gasteiger partial charge in [-0.3, -0.25) is 9.88 Å². The number of hydrogen-bond acceptors (Lipinski definition) is 4. The molecule has 0 bridgehead atoms. The van der Waals surface area contributed by atoms with Crippen molar-refractivity contribution >= 4 is 5.65 Å². The number of halogens is 1. The van der Waals surface area contributed by atoms with E-state index in [2.05, 4.69) is 39.1 Å². The quantitative estimate of drug-likeness (QED) is 0.558. The van der Waals surface area contributed by atoms with Gasteiger partial charge in [0.05, 0.1) is 17.6 Å². The first-order chi connectivity index (χ1) is 13.3. The molecule has 0 amide bonds. The second-order valence-corrected chi connectivity index (χ2v) is 6.86. The Balaban J connectivity index is 1.45. The van der Waals surface area contributed by atoms with E-state index in [1.54, 1.807) is 12.4 Å². The zero-order valence-electron chi connectivity index (χ0n) is 14.7. The summed E-state index contributed by atoms with van der Waals surface area (Å²) in [4.78, 5) is 10.6. The van der Waals surface area contributed by atoms with Crippen molar-refractivity contribution in [2.24, 2.45) is 0 Å². The van der Waals surface area contributed by atoms with Crippen LogP contribution in [0.2, 0.25) is 0 Å². The molecule has 6 heteroatoms. The van der Waals surface area contributed by atoms with Gasteiger partial charge in [-0.05, 0) is 29.8 Å². The summed E-state index contributed by atoms with van der Waals surface area (Å²) >= 11 is 0. The highest BCUT2D eigenvalue weighted by Gasteiger charge is 2.25. The summed E-state index contributed by atoms with van der Waals surface area (Å²) in [6.45, 7) is 1.87. The number of pyridine rings is 1. The molecule has 1 saturated heterocycles. The van der Waals surface area contributed by atoms with E-state index in [4.69, 9.17) is 5.10 Å². The van der Waals surface area contributed by atoms with Gasteiger partial charge in [0.15, 0.2) is 5.65 Å². The van der Waals surface area contributed by atoms with Crippen molar-refractivity contribution in [2.75, 3.05) is 13.1 Å². The number of rotatable bonds is 4. The lowest BCUT2D eigenvalue weighted by Crippen LogP contribution is -2.47. The molecule has 3 aromatic heterocycles. The summed E-state index contributed by atoms with van der Waals surface area (Å²) < 4.78 is 14.8. The van der Waals surface area contributed by atoms with E-state index in [-0.39, 0.29) is 0 Å². The summed E-state index contributed by atoms with van der Waals surface area (Å²) in [5, 5.41) is 4.76. The molecule has 0 aliphatic carbocycles. The van der Waals surface area contributed by atoms with Gasteiger partial charge in [-0.2, -0.15) is 5.10 Å². The van der Waals surface area contributed by atoms with Crippen LogP contribution in [-0.4, -0.2) is 43.7 Å². The molecule has 0 saturated carbocycles. The van der Waals surface area contributed by atoms with E-state index < -0.39 is 6.17 Å². The smallest absolute Gasteiger partial charge is 0.154 e. The van der Waals surface area contributed by atoms with E-state index in [1.807, 2.05) is 35.0 Å². The molecule has 0 unspecified atom stereocenters. The zero-order valence-corrected chi connectivity index (χ0v) is 14.7. The largest absolute Gasteiger partial charge is 0.293 e. The number of nitrogens with zero attached hydrogens (tertiary/aromatic N) is 5. The van der Waals surface area contributed by atoms with Gasteiger partial charge < -0.3 is 0 Å². The maximum absolute atomic E-state index is 13.0. The fourth-order valence-corrected chi connectivity index (χ4v) is 3.42. The molecule has 5 nitrogen and oxygen atoms in total. The number of benzene rings is 1. The molecule has 4 aromatic rings. The Morgan fingerprint density at radius 1 is 0.926 bits per heavy atom. The van der Waals surface area contributed by atoms with Gasteiger partial charge >= 0.3 is 0 Å². The third kappa shape index (κ3) is 3.08. The molecule has 0 radical (unpaired) electrons. The lowest BCUT2D eigenvalue weighted by molar-refractivity contribution is 0.0591. The number of hydrogen-bond donors (Lipinski definition) is 0. The van der Waals surface area contributed by atoms with Crippen molar-refractivity contribution in [2.45, 2.75) is 12.7 Å². The van der Waals surface area contributed by atoms with Crippen molar-refractivity contribution in [3.63, 3.8) is 0 Å². The standard InChI is InChI=1S/C21H18FN5/c22-18-13-26(14-18)12-15-1-3-17(4-2-15)20-11-24-21-6-5-19(25-27(20)21)16-7-9-23-10-8-16/h1-11,18H,12-14H2. The van der Waals surface area contributed by atoms with Crippen LogP contribution in [-0.2, 0) is 6.54 Å². The van der Waals surface area contributed by atoms with Gasteiger partial charge in [-0.1, -0.05) is 24.3 Å². The number of imidazole rings is 1. The summed E-state index contributed by atoms with van der Waals surface area (Å²) in [6, 6.07) is 16.2. The predicted molar refractivity (Wildman–Crippen MR) is 102 cm³/mol. The molecule has 0 atom stereocenters. The minimum absolute atomic E-state index is 0.538. The minimum Gasteiger partial charge on any atom is -0.293 e. The lowest BCUT2D eigenvalue weighted by atomic mass is 10.1. The van der Waals surface area contributed by atoms with Gasteiger partial charge in [0, 0.05) is 43.2 Å². The lowest BCUT2D eigenvalue weighted by Gasteiger charge is -2.34. The molecule has 1 aromatic carbocycles. The number of likely N-dealkylation sites (tertiary alicyclic amines) is 1. The summed E-state index contributed by atoms with van der Waals surface area (Å²) in [5.41, 5.74) is 5.88. The highest BCUT2D eigenvalue weighted by Crippen LogP contribution is 2.24. The van der Waals surface area contributed by atoms with Gasteiger partial charge in [0.1, 0.15) is 6.17 Å². The third-order valence-corrected chi connectivity index (χ3v) is 4.91. The molecule has 1 aliphatic heterocycles. The molecule has 5 rings (SSSR count). The van der Waals surface area contributed by atoms with Crippen LogP contribution in [0.4, 0.5) is 4.39 Å². The molecular formula is C21H18FN5. The van der Waals surface area contributed by atoms with Crippen LogP contribution in [0, 0.1) is 0 Å². The second-order valence-electron chi connectivity index (χ2n) is 6.86. The third-order valence-electron chi connectivity index (χ3n) is 4.91. The Morgan fingerprint density at radius 2 is 1.70 bits per heavy atom. The fraction of sp³-hybridized carbons (Fsp3) is 0.190. The van der Waals surface area contributed by atoms with E-state index in [0.29, 0.717) is 13.1 Å².